The van der Waals surface area contributed by atoms with Crippen LogP contribution < -0.4 is 5.32 Å². The average molecular weight is 300 g/mol. The molecule has 0 radical (unpaired) electrons. The van der Waals surface area contributed by atoms with Gasteiger partial charge in [0.2, 0.25) is 5.91 Å². The van der Waals surface area contributed by atoms with Crippen molar-refractivity contribution >= 4 is 17.5 Å². The Bertz CT molecular complexity index is 635. The topological polar surface area (TPSA) is 29.1 Å². The molecule has 3 rings (SSSR count). The predicted octanol–water partition coefficient (Wildman–Crippen LogP) is 3.73. The molecule has 0 saturated heterocycles. The maximum absolute atomic E-state index is 12.0. The van der Waals surface area contributed by atoms with Gasteiger partial charge in [-0.3, -0.25) is 4.79 Å². The number of carbonyl (C=O) groups excluding carboxylic acids is 1. The summed E-state index contributed by atoms with van der Waals surface area (Å²) in [4.78, 5) is 12.0. The van der Waals surface area contributed by atoms with E-state index in [0.29, 0.717) is 13.0 Å². The predicted molar refractivity (Wildman–Crippen MR) is 85.5 cm³/mol. The number of nitrogens with one attached hydrogen (secondary N) is 1. The highest BCUT2D eigenvalue weighted by Crippen LogP contribution is 2.48. The molecule has 21 heavy (non-hydrogen) atoms. The lowest BCUT2D eigenvalue weighted by Crippen LogP contribution is -2.33. The Balaban J connectivity index is 1.59. The summed E-state index contributed by atoms with van der Waals surface area (Å²) < 4.78 is 0. The van der Waals surface area contributed by atoms with E-state index < -0.39 is 0 Å². The summed E-state index contributed by atoms with van der Waals surface area (Å²) in [7, 11) is 0. The van der Waals surface area contributed by atoms with E-state index in [1.165, 1.54) is 5.56 Å². The summed E-state index contributed by atoms with van der Waals surface area (Å²) >= 11 is 6.06. The second-order valence-electron chi connectivity index (χ2n) is 5.73. The van der Waals surface area contributed by atoms with Gasteiger partial charge in [-0.05, 0) is 36.1 Å². The van der Waals surface area contributed by atoms with Crippen LogP contribution in [0.2, 0.25) is 5.02 Å². The third kappa shape index (κ3) is 3.45. The first-order valence-electron chi connectivity index (χ1n) is 7.25. The van der Waals surface area contributed by atoms with Gasteiger partial charge in [-0.1, -0.05) is 54.1 Å². The van der Waals surface area contributed by atoms with Crippen LogP contribution >= 0.6 is 11.6 Å². The van der Waals surface area contributed by atoms with Gasteiger partial charge < -0.3 is 5.32 Å². The fraction of sp³-hybridized carbons (Fsp3) is 0.278. The first-order valence-corrected chi connectivity index (χ1v) is 7.62. The Hall–Kier alpha value is -1.80. The van der Waals surface area contributed by atoms with Crippen LogP contribution in [0, 0.1) is 0 Å². The molecular formula is C18H18ClNO. The SMILES string of the molecule is O=C(Cc1ccccc1)NCC1(c2cccc(Cl)c2)CC1. The normalized spacial score (nSPS) is 15.5. The second-order valence-corrected chi connectivity index (χ2v) is 6.17. The van der Waals surface area contributed by atoms with Crippen LogP contribution in [0.4, 0.5) is 0 Å². The van der Waals surface area contributed by atoms with Gasteiger partial charge in [-0.2, -0.15) is 0 Å². The molecule has 0 aliphatic heterocycles. The van der Waals surface area contributed by atoms with Crippen molar-refractivity contribution in [2.75, 3.05) is 6.54 Å². The molecule has 1 saturated carbocycles. The molecule has 0 aromatic heterocycles. The fourth-order valence-electron chi connectivity index (χ4n) is 2.65. The maximum atomic E-state index is 12.0. The van der Waals surface area contributed by atoms with Crippen molar-refractivity contribution in [1.29, 1.82) is 0 Å². The molecule has 1 N–H and O–H groups in total. The Morgan fingerprint density at radius 1 is 1.10 bits per heavy atom. The zero-order valence-corrected chi connectivity index (χ0v) is 12.6. The Kier molecular flexibility index (Phi) is 3.98. The summed E-state index contributed by atoms with van der Waals surface area (Å²) in [5, 5.41) is 3.83. The number of hydrogen-bond acceptors (Lipinski definition) is 1. The van der Waals surface area contributed by atoms with Crippen LogP contribution in [0.25, 0.3) is 0 Å². The second kappa shape index (κ2) is 5.90. The minimum atomic E-state index is 0.0782. The van der Waals surface area contributed by atoms with Crippen molar-refractivity contribution in [2.45, 2.75) is 24.7 Å². The van der Waals surface area contributed by atoms with Crippen molar-refractivity contribution < 1.29 is 4.79 Å². The summed E-state index contributed by atoms with van der Waals surface area (Å²) in [5.74, 6) is 0.0782. The molecule has 2 nitrogen and oxygen atoms in total. The number of rotatable bonds is 5. The third-order valence-electron chi connectivity index (χ3n) is 4.12. The van der Waals surface area contributed by atoms with Crippen LogP contribution in [-0.2, 0) is 16.6 Å². The lowest BCUT2D eigenvalue weighted by molar-refractivity contribution is -0.120. The molecule has 2 aromatic carbocycles. The van der Waals surface area contributed by atoms with Gasteiger partial charge in [-0.25, -0.2) is 0 Å². The highest BCUT2D eigenvalue weighted by molar-refractivity contribution is 6.30. The molecule has 3 heteroatoms. The molecular weight excluding hydrogens is 282 g/mol. The van der Waals surface area contributed by atoms with Crippen LogP contribution in [0.1, 0.15) is 24.0 Å². The molecule has 1 aliphatic carbocycles. The minimum absolute atomic E-state index is 0.0782. The molecule has 0 spiro atoms. The molecule has 0 unspecified atom stereocenters. The zero-order valence-electron chi connectivity index (χ0n) is 11.8. The lowest BCUT2D eigenvalue weighted by Gasteiger charge is -2.17. The number of carbonyl (C=O) groups is 1. The first-order chi connectivity index (χ1) is 10.2. The van der Waals surface area contributed by atoms with Crippen molar-refractivity contribution in [3.8, 4) is 0 Å². The molecule has 108 valence electrons. The van der Waals surface area contributed by atoms with E-state index in [9.17, 15) is 4.79 Å². The number of amides is 1. The van der Waals surface area contributed by atoms with Crippen LogP contribution in [0.15, 0.2) is 54.6 Å². The molecule has 0 atom stereocenters. The van der Waals surface area contributed by atoms with E-state index in [4.69, 9.17) is 11.6 Å². The lowest BCUT2D eigenvalue weighted by atomic mass is 9.96. The number of hydrogen-bond donors (Lipinski definition) is 1. The van der Waals surface area contributed by atoms with Gasteiger partial charge >= 0.3 is 0 Å². The van der Waals surface area contributed by atoms with Gasteiger partial charge in [-0.15, -0.1) is 0 Å². The molecule has 2 aromatic rings. The molecule has 0 bridgehead atoms. The Labute approximate surface area is 130 Å². The largest absolute Gasteiger partial charge is 0.355 e. The van der Waals surface area contributed by atoms with E-state index in [1.807, 2.05) is 48.5 Å². The Morgan fingerprint density at radius 2 is 1.86 bits per heavy atom. The fourth-order valence-corrected chi connectivity index (χ4v) is 2.84. The zero-order chi connectivity index (χ0) is 14.7. The van der Waals surface area contributed by atoms with Crippen molar-refractivity contribution in [3.63, 3.8) is 0 Å². The van der Waals surface area contributed by atoms with Crippen LogP contribution in [-0.4, -0.2) is 12.5 Å². The van der Waals surface area contributed by atoms with E-state index >= 15 is 0 Å². The highest BCUT2D eigenvalue weighted by Gasteiger charge is 2.44. The van der Waals surface area contributed by atoms with E-state index in [1.54, 1.807) is 0 Å². The highest BCUT2D eigenvalue weighted by atomic mass is 35.5. The third-order valence-corrected chi connectivity index (χ3v) is 4.36. The first kappa shape index (κ1) is 14.2. The molecule has 1 aliphatic rings. The quantitative estimate of drug-likeness (QED) is 0.895. The van der Waals surface area contributed by atoms with Crippen molar-refractivity contribution in [1.82, 2.24) is 5.32 Å². The smallest absolute Gasteiger partial charge is 0.224 e. The van der Waals surface area contributed by atoms with Gasteiger partial charge in [0.05, 0.1) is 6.42 Å². The summed E-state index contributed by atoms with van der Waals surface area (Å²) in [6.07, 6.45) is 2.66. The summed E-state index contributed by atoms with van der Waals surface area (Å²) in [6, 6.07) is 17.8. The standard InChI is InChI=1S/C18H18ClNO/c19-16-8-4-7-15(12-16)18(9-10-18)13-20-17(21)11-14-5-2-1-3-6-14/h1-8,12H,9-11,13H2,(H,20,21). The maximum Gasteiger partial charge on any atom is 0.224 e. The van der Waals surface area contributed by atoms with E-state index in [0.717, 1.165) is 23.4 Å². The number of halogens is 1. The van der Waals surface area contributed by atoms with E-state index in [-0.39, 0.29) is 11.3 Å². The van der Waals surface area contributed by atoms with Gasteiger partial charge in [0, 0.05) is 17.0 Å². The van der Waals surface area contributed by atoms with Gasteiger partial charge in [0.15, 0.2) is 0 Å². The Morgan fingerprint density at radius 3 is 2.52 bits per heavy atom. The average Bonchev–Trinajstić information content (AvgIpc) is 3.28. The minimum Gasteiger partial charge on any atom is -0.355 e. The number of benzene rings is 2. The van der Waals surface area contributed by atoms with Crippen LogP contribution in [0.3, 0.4) is 0 Å². The van der Waals surface area contributed by atoms with Crippen molar-refractivity contribution in [3.05, 3.63) is 70.7 Å². The molecule has 1 fully saturated rings. The monoisotopic (exact) mass is 299 g/mol. The van der Waals surface area contributed by atoms with Crippen molar-refractivity contribution in [2.24, 2.45) is 0 Å². The van der Waals surface area contributed by atoms with E-state index in [2.05, 4.69) is 11.4 Å². The van der Waals surface area contributed by atoms with Gasteiger partial charge in [0.25, 0.3) is 0 Å². The molecule has 1 amide bonds. The summed E-state index contributed by atoms with van der Waals surface area (Å²) in [5.41, 5.74) is 2.37. The molecule has 0 heterocycles. The van der Waals surface area contributed by atoms with Gasteiger partial charge in [0.1, 0.15) is 0 Å². The summed E-state index contributed by atoms with van der Waals surface area (Å²) in [6.45, 7) is 0.693. The van der Waals surface area contributed by atoms with Crippen LogP contribution in [0.5, 0.6) is 0 Å².